The van der Waals surface area contributed by atoms with Crippen molar-refractivity contribution >= 4 is 5.91 Å². The van der Waals surface area contributed by atoms with Crippen LogP contribution < -0.4 is 5.32 Å². The number of aryl methyl sites for hydroxylation is 1. The summed E-state index contributed by atoms with van der Waals surface area (Å²) in [4.78, 5) is 20.9. The summed E-state index contributed by atoms with van der Waals surface area (Å²) in [7, 11) is 1.93. The van der Waals surface area contributed by atoms with Crippen LogP contribution in [-0.2, 0) is 7.05 Å². The third kappa shape index (κ3) is 2.70. The molecule has 3 rings (SSSR count). The second kappa shape index (κ2) is 5.35. The van der Waals surface area contributed by atoms with E-state index in [9.17, 15) is 4.79 Å². The van der Waals surface area contributed by atoms with Gasteiger partial charge >= 0.3 is 0 Å². The zero-order valence-corrected chi connectivity index (χ0v) is 12.5. The second-order valence-electron chi connectivity index (χ2n) is 5.93. The van der Waals surface area contributed by atoms with Crippen LogP contribution in [0.5, 0.6) is 0 Å². The van der Waals surface area contributed by atoms with E-state index in [-0.39, 0.29) is 17.9 Å². The number of nitrogens with one attached hydrogen (secondary N) is 1. The molecule has 0 aliphatic heterocycles. The highest BCUT2D eigenvalue weighted by Crippen LogP contribution is 2.41. The molecule has 2 aromatic rings. The number of amides is 1. The van der Waals surface area contributed by atoms with E-state index in [0.29, 0.717) is 11.6 Å². The topological polar surface area (TPSA) is 73.0 Å². The molecule has 1 aliphatic rings. The molecule has 1 N–H and O–H groups in total. The Hall–Kier alpha value is -2.11. The highest BCUT2D eigenvalue weighted by Gasteiger charge is 2.33. The van der Waals surface area contributed by atoms with Crippen LogP contribution in [0.1, 0.15) is 60.7 Å². The fourth-order valence-corrected chi connectivity index (χ4v) is 2.48. The van der Waals surface area contributed by atoms with Crippen molar-refractivity contribution in [2.24, 2.45) is 13.0 Å². The summed E-state index contributed by atoms with van der Waals surface area (Å²) in [5.41, 5.74) is 0.414. The highest BCUT2D eigenvalue weighted by atomic mass is 16.3. The lowest BCUT2D eigenvalue weighted by Gasteiger charge is -2.21. The van der Waals surface area contributed by atoms with E-state index in [0.717, 1.165) is 24.4 Å². The number of imidazole rings is 1. The van der Waals surface area contributed by atoms with E-state index >= 15 is 0 Å². The van der Waals surface area contributed by atoms with Crippen molar-refractivity contribution in [2.75, 3.05) is 0 Å². The molecule has 0 unspecified atom stereocenters. The Morgan fingerprint density at radius 1 is 1.43 bits per heavy atom. The average molecular weight is 288 g/mol. The largest absolute Gasteiger partial charge is 0.447 e. The van der Waals surface area contributed by atoms with Crippen molar-refractivity contribution in [3.05, 3.63) is 36.1 Å². The van der Waals surface area contributed by atoms with Gasteiger partial charge in [-0.3, -0.25) is 4.79 Å². The van der Waals surface area contributed by atoms with Gasteiger partial charge in [0, 0.05) is 25.4 Å². The molecule has 1 saturated carbocycles. The van der Waals surface area contributed by atoms with Crippen LogP contribution >= 0.6 is 0 Å². The van der Waals surface area contributed by atoms with Gasteiger partial charge in [-0.15, -0.1) is 0 Å². The van der Waals surface area contributed by atoms with E-state index in [2.05, 4.69) is 29.1 Å². The molecule has 112 valence electrons. The molecule has 1 fully saturated rings. The van der Waals surface area contributed by atoms with Gasteiger partial charge in [-0.2, -0.15) is 0 Å². The second-order valence-corrected chi connectivity index (χ2v) is 5.93. The molecule has 0 saturated heterocycles. The minimum atomic E-state index is -0.188. The molecule has 0 radical (unpaired) electrons. The fraction of sp³-hybridized carbons (Fsp3) is 0.533. The van der Waals surface area contributed by atoms with Crippen molar-refractivity contribution in [3.8, 4) is 0 Å². The van der Waals surface area contributed by atoms with Crippen LogP contribution in [0, 0.1) is 5.92 Å². The molecular formula is C15H20N4O2. The van der Waals surface area contributed by atoms with Crippen molar-refractivity contribution in [1.29, 1.82) is 0 Å². The normalized spacial score (nSPS) is 16.2. The van der Waals surface area contributed by atoms with Crippen molar-refractivity contribution in [1.82, 2.24) is 19.9 Å². The summed E-state index contributed by atoms with van der Waals surface area (Å²) >= 11 is 0. The number of oxazole rings is 1. The summed E-state index contributed by atoms with van der Waals surface area (Å²) in [6.07, 6.45) is 7.11. The summed E-state index contributed by atoms with van der Waals surface area (Å²) in [5.74, 6) is 1.96. The molecule has 0 spiro atoms. The Bertz CT molecular complexity index is 640. The summed E-state index contributed by atoms with van der Waals surface area (Å²) in [6.45, 7) is 4.12. The highest BCUT2D eigenvalue weighted by molar-refractivity contribution is 5.93. The molecule has 6 nitrogen and oxygen atoms in total. The number of carbonyl (C=O) groups is 1. The van der Waals surface area contributed by atoms with Crippen LogP contribution in [0.15, 0.2) is 23.2 Å². The van der Waals surface area contributed by atoms with E-state index in [1.807, 2.05) is 17.8 Å². The third-order valence-corrected chi connectivity index (χ3v) is 3.85. The smallest absolute Gasteiger partial charge is 0.274 e. The Balaban J connectivity index is 1.81. The lowest BCUT2D eigenvalue weighted by Crippen LogP contribution is -2.34. The monoisotopic (exact) mass is 288 g/mol. The first-order valence-electron chi connectivity index (χ1n) is 7.29. The van der Waals surface area contributed by atoms with Crippen molar-refractivity contribution in [3.63, 3.8) is 0 Å². The van der Waals surface area contributed by atoms with Crippen molar-refractivity contribution in [2.45, 2.75) is 38.6 Å². The van der Waals surface area contributed by atoms with Gasteiger partial charge in [0.25, 0.3) is 5.91 Å². The van der Waals surface area contributed by atoms with E-state index in [1.54, 1.807) is 6.20 Å². The maximum absolute atomic E-state index is 12.5. The Labute approximate surface area is 123 Å². The number of hydrogen-bond donors (Lipinski definition) is 1. The standard InChI is InChI=1S/C15H20N4O2/c1-9(2)11(14-16-6-7-19(14)3)18-15(20)12-13(10-4-5-10)21-8-17-12/h6-11H,4-5H2,1-3H3,(H,18,20)/t11-/m0/s1. The van der Waals surface area contributed by atoms with Gasteiger partial charge < -0.3 is 14.3 Å². The molecule has 6 heteroatoms. The minimum Gasteiger partial charge on any atom is -0.447 e. The van der Waals surface area contributed by atoms with Crippen LogP contribution in [0.3, 0.4) is 0 Å². The van der Waals surface area contributed by atoms with Crippen molar-refractivity contribution < 1.29 is 9.21 Å². The van der Waals surface area contributed by atoms with E-state index in [1.165, 1.54) is 6.39 Å². The van der Waals surface area contributed by atoms with Crippen LogP contribution in [-0.4, -0.2) is 20.4 Å². The Kier molecular flexibility index (Phi) is 3.53. The number of rotatable bonds is 5. The SMILES string of the molecule is CC(C)[C@H](NC(=O)c1ncoc1C1CC1)c1nccn1C. The average Bonchev–Trinajstić information content (AvgIpc) is 3.01. The number of nitrogens with zero attached hydrogens (tertiary/aromatic N) is 3. The molecule has 1 amide bonds. The maximum atomic E-state index is 12.5. The molecule has 21 heavy (non-hydrogen) atoms. The first-order valence-corrected chi connectivity index (χ1v) is 7.29. The molecule has 0 aromatic carbocycles. The zero-order valence-electron chi connectivity index (χ0n) is 12.5. The van der Waals surface area contributed by atoms with E-state index < -0.39 is 0 Å². The summed E-state index contributed by atoms with van der Waals surface area (Å²) < 4.78 is 7.30. The van der Waals surface area contributed by atoms with Gasteiger partial charge in [0.15, 0.2) is 12.1 Å². The molecule has 1 aliphatic carbocycles. The van der Waals surface area contributed by atoms with E-state index in [4.69, 9.17) is 4.42 Å². The van der Waals surface area contributed by atoms with Crippen LogP contribution in [0.25, 0.3) is 0 Å². The lowest BCUT2D eigenvalue weighted by molar-refractivity contribution is 0.0916. The number of carbonyl (C=O) groups excluding carboxylic acids is 1. The predicted octanol–water partition coefficient (Wildman–Crippen LogP) is 2.41. The molecule has 1 atom stereocenters. The minimum absolute atomic E-state index is 0.152. The molecule has 2 heterocycles. The third-order valence-electron chi connectivity index (χ3n) is 3.85. The zero-order chi connectivity index (χ0) is 15.0. The first-order chi connectivity index (χ1) is 10.1. The van der Waals surface area contributed by atoms with Crippen LogP contribution in [0.4, 0.5) is 0 Å². The number of hydrogen-bond acceptors (Lipinski definition) is 4. The van der Waals surface area contributed by atoms with Crippen LogP contribution in [0.2, 0.25) is 0 Å². The maximum Gasteiger partial charge on any atom is 0.274 e. The van der Waals surface area contributed by atoms with Gasteiger partial charge in [0.1, 0.15) is 11.6 Å². The number of aromatic nitrogens is 3. The first kappa shape index (κ1) is 13.9. The molecule has 0 bridgehead atoms. The quantitative estimate of drug-likeness (QED) is 0.917. The van der Waals surface area contributed by atoms with Gasteiger partial charge in [0.05, 0.1) is 6.04 Å². The Morgan fingerprint density at radius 3 is 2.76 bits per heavy atom. The molecular weight excluding hydrogens is 268 g/mol. The predicted molar refractivity (Wildman–Crippen MR) is 76.7 cm³/mol. The van der Waals surface area contributed by atoms with Gasteiger partial charge in [-0.05, 0) is 18.8 Å². The molecule has 2 aromatic heterocycles. The van der Waals surface area contributed by atoms with Gasteiger partial charge in [-0.1, -0.05) is 13.8 Å². The fourth-order valence-electron chi connectivity index (χ4n) is 2.48. The van der Waals surface area contributed by atoms with Gasteiger partial charge in [-0.25, -0.2) is 9.97 Å². The lowest BCUT2D eigenvalue weighted by atomic mass is 10.0. The summed E-state index contributed by atoms with van der Waals surface area (Å²) in [6, 6.07) is -0.152. The Morgan fingerprint density at radius 2 is 2.19 bits per heavy atom. The van der Waals surface area contributed by atoms with Gasteiger partial charge in [0.2, 0.25) is 0 Å². The summed E-state index contributed by atoms with van der Waals surface area (Å²) in [5, 5.41) is 3.04.